The fourth-order valence-electron chi connectivity index (χ4n) is 1.40. The van der Waals surface area contributed by atoms with E-state index in [-0.39, 0.29) is 17.4 Å². The molecule has 0 atom stereocenters. The van der Waals surface area contributed by atoms with E-state index in [1.165, 1.54) is 7.05 Å². The Hall–Kier alpha value is -1.30. The monoisotopic (exact) mass is 391 g/mol. The van der Waals surface area contributed by atoms with E-state index >= 15 is 0 Å². The van der Waals surface area contributed by atoms with Crippen LogP contribution in [0.15, 0.2) is 0 Å². The molecule has 0 spiro atoms. The third-order valence-electron chi connectivity index (χ3n) is 3.89. The van der Waals surface area contributed by atoms with Gasteiger partial charge in [-0.25, -0.2) is 10.2 Å². The largest absolute Gasteiger partial charge is 0.416 e. The van der Waals surface area contributed by atoms with Crippen molar-refractivity contribution in [2.24, 2.45) is 0 Å². The molecule has 0 aliphatic heterocycles. The number of H-pyrrole nitrogens is 1. The SMILES string of the molecule is CN(NC(=O)Nc1n[nH]c(=S)s1)C(=O)CCO[Si](C)(C)C(C)(C)C. The maximum Gasteiger partial charge on any atom is 0.339 e. The lowest BCUT2D eigenvalue weighted by molar-refractivity contribution is -0.132. The summed E-state index contributed by atoms with van der Waals surface area (Å²) in [7, 11) is -0.391. The molecule has 0 radical (unpaired) electrons. The summed E-state index contributed by atoms with van der Waals surface area (Å²) in [5.74, 6) is -0.237. The van der Waals surface area contributed by atoms with Gasteiger partial charge in [-0.2, -0.15) is 0 Å². The van der Waals surface area contributed by atoms with Crippen molar-refractivity contribution in [3.63, 3.8) is 0 Å². The van der Waals surface area contributed by atoms with Crippen LogP contribution in [0.5, 0.6) is 0 Å². The van der Waals surface area contributed by atoms with Crippen molar-refractivity contribution in [2.75, 3.05) is 19.0 Å². The molecule has 3 amide bonds. The van der Waals surface area contributed by atoms with Crippen LogP contribution in [-0.4, -0.2) is 49.1 Å². The molecule has 0 bridgehead atoms. The molecule has 1 aromatic heterocycles. The van der Waals surface area contributed by atoms with Gasteiger partial charge in [0, 0.05) is 13.7 Å². The zero-order chi connectivity index (χ0) is 18.5. The Kier molecular flexibility index (Phi) is 7.07. The number of aromatic nitrogens is 2. The molecule has 24 heavy (non-hydrogen) atoms. The molecule has 0 unspecified atom stereocenters. The van der Waals surface area contributed by atoms with Crippen molar-refractivity contribution in [3.05, 3.63) is 3.95 Å². The normalized spacial score (nSPS) is 11.9. The third kappa shape index (κ3) is 6.30. The first-order valence-electron chi connectivity index (χ1n) is 7.46. The minimum Gasteiger partial charge on any atom is -0.416 e. The second-order valence-electron chi connectivity index (χ2n) is 6.80. The van der Waals surface area contributed by atoms with Crippen molar-refractivity contribution >= 4 is 48.9 Å². The van der Waals surface area contributed by atoms with E-state index < -0.39 is 14.3 Å². The van der Waals surface area contributed by atoms with E-state index in [1.54, 1.807) is 0 Å². The zero-order valence-electron chi connectivity index (χ0n) is 14.8. The number of anilines is 1. The summed E-state index contributed by atoms with van der Waals surface area (Å²) in [4.78, 5) is 23.8. The fraction of sp³-hybridized carbons (Fsp3) is 0.692. The molecule has 0 fully saturated rings. The average Bonchev–Trinajstić information content (AvgIpc) is 2.82. The highest BCUT2D eigenvalue weighted by Crippen LogP contribution is 2.36. The van der Waals surface area contributed by atoms with Crippen molar-refractivity contribution in [1.29, 1.82) is 0 Å². The van der Waals surface area contributed by atoms with Crippen LogP contribution in [0.2, 0.25) is 18.1 Å². The number of carbonyl (C=O) groups is 2. The molecule has 0 saturated heterocycles. The van der Waals surface area contributed by atoms with Gasteiger partial charge >= 0.3 is 6.03 Å². The van der Waals surface area contributed by atoms with Crippen LogP contribution < -0.4 is 10.7 Å². The number of amides is 3. The van der Waals surface area contributed by atoms with Crippen molar-refractivity contribution in [3.8, 4) is 0 Å². The number of hydrogen-bond donors (Lipinski definition) is 3. The van der Waals surface area contributed by atoms with Crippen molar-refractivity contribution in [1.82, 2.24) is 20.6 Å². The van der Waals surface area contributed by atoms with Gasteiger partial charge < -0.3 is 4.43 Å². The smallest absolute Gasteiger partial charge is 0.339 e. The highest BCUT2D eigenvalue weighted by molar-refractivity contribution is 7.73. The summed E-state index contributed by atoms with van der Waals surface area (Å²) in [5, 5.41) is 10.4. The van der Waals surface area contributed by atoms with Gasteiger partial charge in [0.15, 0.2) is 12.3 Å². The van der Waals surface area contributed by atoms with Crippen LogP contribution in [0.1, 0.15) is 27.2 Å². The Balaban J connectivity index is 2.39. The third-order valence-corrected chi connectivity index (χ3v) is 9.43. The fourth-order valence-corrected chi connectivity index (χ4v) is 3.23. The summed E-state index contributed by atoms with van der Waals surface area (Å²) in [5.41, 5.74) is 2.42. The standard InChI is InChI=1S/C13H25N5O3S2Si/c1-13(2,3)24(5,6)21-8-7-9(19)18(4)17-10(20)14-11-15-16-12(22)23-11/h7-8H2,1-6H3,(H,16,22)(H2,14,15,17,20). The summed E-state index contributed by atoms with van der Waals surface area (Å²) < 4.78 is 6.41. The maximum absolute atomic E-state index is 12.1. The maximum atomic E-state index is 12.1. The molecule has 0 aromatic carbocycles. The average molecular weight is 392 g/mol. The Morgan fingerprint density at radius 1 is 1.42 bits per heavy atom. The first-order valence-corrected chi connectivity index (χ1v) is 11.6. The van der Waals surface area contributed by atoms with Crippen molar-refractivity contribution in [2.45, 2.75) is 45.3 Å². The molecule has 0 aliphatic carbocycles. The molecular weight excluding hydrogens is 366 g/mol. The Bertz CT molecular complexity index is 638. The molecule has 0 aliphatic rings. The molecule has 1 rings (SSSR count). The first-order chi connectivity index (χ1) is 10.9. The number of urea groups is 1. The molecule has 1 aromatic rings. The number of nitrogens with one attached hydrogen (secondary N) is 3. The van der Waals surface area contributed by atoms with Crippen molar-refractivity contribution < 1.29 is 14.0 Å². The van der Waals surface area contributed by atoms with Gasteiger partial charge in [-0.3, -0.25) is 20.2 Å². The Labute approximate surface area is 152 Å². The predicted molar refractivity (Wildman–Crippen MR) is 100.0 cm³/mol. The van der Waals surface area contributed by atoms with Gasteiger partial charge in [0.1, 0.15) is 0 Å². The van der Waals surface area contributed by atoms with E-state index in [4.69, 9.17) is 16.6 Å². The summed E-state index contributed by atoms with van der Waals surface area (Å²) in [6.07, 6.45) is 0.199. The second-order valence-corrected chi connectivity index (χ2v) is 13.3. The predicted octanol–water partition coefficient (Wildman–Crippen LogP) is 3.11. The van der Waals surface area contributed by atoms with E-state index in [0.29, 0.717) is 15.7 Å². The lowest BCUT2D eigenvalue weighted by atomic mass is 10.2. The summed E-state index contributed by atoms with van der Waals surface area (Å²) in [6.45, 7) is 11.0. The molecule has 3 N–H and O–H groups in total. The molecule has 1 heterocycles. The number of aromatic amines is 1. The first kappa shape index (κ1) is 20.7. The van der Waals surface area contributed by atoms with Crippen LogP contribution in [0.4, 0.5) is 9.93 Å². The van der Waals surface area contributed by atoms with Gasteiger partial charge in [0.2, 0.25) is 11.0 Å². The van der Waals surface area contributed by atoms with E-state index in [1.807, 2.05) is 0 Å². The topological polar surface area (TPSA) is 99.4 Å². The number of rotatable bonds is 5. The molecule has 11 heteroatoms. The van der Waals surface area contributed by atoms with Crippen LogP contribution in [-0.2, 0) is 9.22 Å². The van der Waals surface area contributed by atoms with Gasteiger partial charge in [-0.1, -0.05) is 32.1 Å². The summed E-state index contributed by atoms with van der Waals surface area (Å²) in [6, 6.07) is -0.561. The zero-order valence-corrected chi connectivity index (χ0v) is 17.5. The second kappa shape index (κ2) is 8.19. The quantitative estimate of drug-likeness (QED) is 0.407. The van der Waals surface area contributed by atoms with E-state index in [2.05, 4.69) is 54.8 Å². The highest BCUT2D eigenvalue weighted by Gasteiger charge is 2.37. The van der Waals surface area contributed by atoms with Crippen LogP contribution in [0, 0.1) is 3.95 Å². The van der Waals surface area contributed by atoms with E-state index in [0.717, 1.165) is 16.3 Å². The Morgan fingerprint density at radius 3 is 2.54 bits per heavy atom. The molecule has 8 nitrogen and oxygen atoms in total. The number of carbonyl (C=O) groups excluding carboxylic acids is 2. The number of hydrazine groups is 1. The summed E-state index contributed by atoms with van der Waals surface area (Å²) >= 11 is 6.00. The minimum atomic E-state index is -1.88. The van der Waals surface area contributed by atoms with Crippen LogP contribution in [0.25, 0.3) is 0 Å². The molecular formula is C13H25N5O3S2Si. The van der Waals surface area contributed by atoms with Gasteiger partial charge in [0.05, 0.1) is 6.42 Å². The van der Waals surface area contributed by atoms with Gasteiger partial charge in [-0.05, 0) is 30.4 Å². The van der Waals surface area contributed by atoms with E-state index in [9.17, 15) is 9.59 Å². The highest BCUT2D eigenvalue weighted by atomic mass is 32.1. The minimum absolute atomic E-state index is 0.0916. The van der Waals surface area contributed by atoms with Crippen LogP contribution in [0.3, 0.4) is 0 Å². The number of hydrogen-bond acceptors (Lipinski definition) is 6. The number of nitrogens with zero attached hydrogens (tertiary/aromatic N) is 2. The van der Waals surface area contributed by atoms with Gasteiger partial charge in [0.25, 0.3) is 0 Å². The lowest BCUT2D eigenvalue weighted by Gasteiger charge is -2.36. The van der Waals surface area contributed by atoms with Gasteiger partial charge in [-0.15, -0.1) is 5.10 Å². The lowest BCUT2D eigenvalue weighted by Crippen LogP contribution is -2.46. The molecule has 136 valence electrons. The Morgan fingerprint density at radius 2 is 2.04 bits per heavy atom. The molecule has 0 saturated carbocycles. The van der Waals surface area contributed by atoms with Crippen LogP contribution >= 0.6 is 23.6 Å².